The Kier molecular flexibility index (Phi) is 10.9. The van der Waals surface area contributed by atoms with Gasteiger partial charge in [0.15, 0.2) is 5.96 Å². The lowest BCUT2D eigenvalue weighted by Gasteiger charge is -2.22. The summed E-state index contributed by atoms with van der Waals surface area (Å²) >= 11 is 7.55. The number of benzene rings is 1. The Morgan fingerprint density at radius 3 is 2.61 bits per heavy atom. The van der Waals surface area contributed by atoms with E-state index in [-0.39, 0.29) is 30.5 Å². The summed E-state index contributed by atoms with van der Waals surface area (Å²) in [5.74, 6) is 1.97. The first kappa shape index (κ1) is 24.8. The van der Waals surface area contributed by atoms with Crippen molar-refractivity contribution in [3.63, 3.8) is 0 Å². The number of nitrogens with one attached hydrogen (secondary N) is 1. The Bertz CT molecular complexity index is 773. The van der Waals surface area contributed by atoms with Crippen LogP contribution >= 0.6 is 46.9 Å². The quantitative estimate of drug-likeness (QED) is 0.300. The van der Waals surface area contributed by atoms with Gasteiger partial charge < -0.3 is 24.8 Å². The summed E-state index contributed by atoms with van der Waals surface area (Å²) in [6.07, 6.45) is -0.812. The van der Waals surface area contributed by atoms with E-state index in [0.717, 1.165) is 15.8 Å². The van der Waals surface area contributed by atoms with E-state index in [1.165, 1.54) is 0 Å². The molecule has 0 saturated carbocycles. The fourth-order valence-electron chi connectivity index (χ4n) is 2.59. The van der Waals surface area contributed by atoms with Gasteiger partial charge in [-0.15, -0.1) is 35.3 Å². The molecule has 2 N–H and O–H groups in total. The Morgan fingerprint density at radius 1 is 1.29 bits per heavy atom. The van der Waals surface area contributed by atoms with Gasteiger partial charge >= 0.3 is 0 Å². The molecule has 6 nitrogen and oxygen atoms in total. The molecule has 0 amide bonds. The molecule has 0 aliphatic heterocycles. The first-order chi connectivity index (χ1) is 13.0. The monoisotopic (exact) mass is 539 g/mol. The summed E-state index contributed by atoms with van der Waals surface area (Å²) in [4.78, 5) is 7.72. The maximum Gasteiger partial charge on any atom is 0.194 e. The van der Waals surface area contributed by atoms with Gasteiger partial charge in [0, 0.05) is 24.0 Å². The third-order valence-corrected chi connectivity index (χ3v) is 5.14. The van der Waals surface area contributed by atoms with Gasteiger partial charge in [-0.05, 0) is 37.3 Å². The van der Waals surface area contributed by atoms with E-state index in [1.807, 2.05) is 31.0 Å². The van der Waals surface area contributed by atoms with Crippen molar-refractivity contribution in [3.05, 3.63) is 45.1 Å². The molecule has 2 aromatic rings. The molecule has 156 valence electrons. The van der Waals surface area contributed by atoms with E-state index >= 15 is 0 Å². The van der Waals surface area contributed by atoms with Crippen LogP contribution in [0, 0.1) is 0 Å². The molecule has 1 aromatic carbocycles. The molecule has 1 aromatic heterocycles. The van der Waals surface area contributed by atoms with Crippen LogP contribution in [0.4, 0.5) is 0 Å². The van der Waals surface area contributed by atoms with Crippen molar-refractivity contribution in [1.82, 2.24) is 10.2 Å². The number of rotatable bonds is 8. The number of halogens is 2. The molecule has 0 bridgehead atoms. The first-order valence-electron chi connectivity index (χ1n) is 8.62. The van der Waals surface area contributed by atoms with Gasteiger partial charge in [-0.1, -0.05) is 11.6 Å². The third kappa shape index (κ3) is 6.98. The minimum atomic E-state index is -0.812. The minimum absolute atomic E-state index is 0. The second-order valence-electron chi connectivity index (χ2n) is 5.88. The topological polar surface area (TPSA) is 66.3 Å². The summed E-state index contributed by atoms with van der Waals surface area (Å²) in [7, 11) is 5.12. The summed E-state index contributed by atoms with van der Waals surface area (Å²) < 4.78 is 11.4. The van der Waals surface area contributed by atoms with Gasteiger partial charge in [-0.2, -0.15) is 0 Å². The summed E-state index contributed by atoms with van der Waals surface area (Å²) in [6, 6.07) is 9.23. The highest BCUT2D eigenvalue weighted by Crippen LogP contribution is 2.29. The van der Waals surface area contributed by atoms with E-state index in [9.17, 15) is 5.11 Å². The van der Waals surface area contributed by atoms with Gasteiger partial charge in [-0.25, -0.2) is 0 Å². The molecule has 1 heterocycles. The Balaban J connectivity index is 0.00000392. The van der Waals surface area contributed by atoms with Crippen LogP contribution in [0.2, 0.25) is 4.34 Å². The van der Waals surface area contributed by atoms with Crippen LogP contribution in [0.3, 0.4) is 0 Å². The predicted molar refractivity (Wildman–Crippen MR) is 127 cm³/mol. The molecule has 0 spiro atoms. The van der Waals surface area contributed by atoms with Gasteiger partial charge in [0.25, 0.3) is 0 Å². The van der Waals surface area contributed by atoms with Crippen LogP contribution in [0.1, 0.15) is 23.5 Å². The van der Waals surface area contributed by atoms with E-state index in [0.29, 0.717) is 29.6 Å². The Morgan fingerprint density at radius 2 is 2.04 bits per heavy atom. The minimum Gasteiger partial charge on any atom is -0.497 e. The molecule has 0 aliphatic rings. The van der Waals surface area contributed by atoms with Crippen molar-refractivity contribution in [2.75, 3.05) is 34.4 Å². The summed E-state index contributed by atoms with van der Waals surface area (Å²) in [6.45, 7) is 3.61. The van der Waals surface area contributed by atoms with Gasteiger partial charge in [0.05, 0.1) is 31.6 Å². The molecule has 0 saturated heterocycles. The molecule has 0 radical (unpaired) electrons. The number of guanidine groups is 1. The van der Waals surface area contributed by atoms with Crippen molar-refractivity contribution < 1.29 is 14.6 Å². The second kappa shape index (κ2) is 12.4. The standard InChI is InChI=1S/C19H26ClN3O3S.HI/c1-5-21-19(23(2)12-14-7-9-18(20)27-14)22-11-16(24)15-10-13(25-3)6-8-17(15)26-4;/h6-10,16,24H,5,11-12H2,1-4H3,(H,21,22);1H. The van der Waals surface area contributed by atoms with Crippen LogP contribution in [0.5, 0.6) is 11.5 Å². The van der Waals surface area contributed by atoms with Crippen molar-refractivity contribution in [2.24, 2.45) is 4.99 Å². The third-order valence-electron chi connectivity index (χ3n) is 3.93. The second-order valence-corrected chi connectivity index (χ2v) is 7.68. The SMILES string of the molecule is CCNC(=NCC(O)c1cc(OC)ccc1OC)N(C)Cc1ccc(Cl)s1.I. The largest absolute Gasteiger partial charge is 0.497 e. The zero-order valence-electron chi connectivity index (χ0n) is 16.4. The van der Waals surface area contributed by atoms with Crippen LogP contribution in [0.25, 0.3) is 0 Å². The highest BCUT2D eigenvalue weighted by molar-refractivity contribution is 14.0. The van der Waals surface area contributed by atoms with Crippen molar-refractivity contribution >= 4 is 52.9 Å². The highest BCUT2D eigenvalue weighted by atomic mass is 127. The molecule has 1 unspecified atom stereocenters. The molecular formula is C19H27ClIN3O3S. The fourth-order valence-corrected chi connectivity index (χ4v) is 3.73. The van der Waals surface area contributed by atoms with Crippen molar-refractivity contribution in [2.45, 2.75) is 19.6 Å². The molecule has 0 aliphatic carbocycles. The van der Waals surface area contributed by atoms with E-state index < -0.39 is 6.10 Å². The number of thiophene rings is 1. The highest BCUT2D eigenvalue weighted by Gasteiger charge is 2.16. The summed E-state index contributed by atoms with van der Waals surface area (Å²) in [5.41, 5.74) is 0.643. The number of aliphatic imine (C=N–C) groups is 1. The normalized spacial score (nSPS) is 12.1. The number of methoxy groups -OCH3 is 2. The maximum atomic E-state index is 10.6. The lowest BCUT2D eigenvalue weighted by molar-refractivity contribution is 0.181. The number of hydrogen-bond acceptors (Lipinski definition) is 5. The summed E-state index contributed by atoms with van der Waals surface area (Å²) in [5, 5.41) is 13.9. The zero-order valence-corrected chi connectivity index (χ0v) is 20.3. The molecule has 1 atom stereocenters. The lowest BCUT2D eigenvalue weighted by Crippen LogP contribution is -2.38. The van der Waals surface area contributed by atoms with Crippen molar-refractivity contribution in [3.8, 4) is 11.5 Å². The molecule has 28 heavy (non-hydrogen) atoms. The van der Waals surface area contributed by atoms with Crippen LogP contribution < -0.4 is 14.8 Å². The van der Waals surface area contributed by atoms with Crippen molar-refractivity contribution in [1.29, 1.82) is 0 Å². The van der Waals surface area contributed by atoms with Crippen LogP contribution in [-0.4, -0.2) is 50.3 Å². The van der Waals surface area contributed by atoms with E-state index in [4.69, 9.17) is 21.1 Å². The molecule has 0 fully saturated rings. The fraction of sp³-hybridized carbons (Fsp3) is 0.421. The smallest absolute Gasteiger partial charge is 0.194 e. The number of aliphatic hydroxyl groups is 1. The number of aliphatic hydroxyl groups excluding tert-OH is 1. The molecular weight excluding hydrogens is 513 g/mol. The molecule has 2 rings (SSSR count). The maximum absolute atomic E-state index is 10.6. The van der Waals surface area contributed by atoms with Gasteiger partial charge in [0.1, 0.15) is 17.6 Å². The molecule has 9 heteroatoms. The van der Waals surface area contributed by atoms with E-state index in [1.54, 1.807) is 43.8 Å². The van der Waals surface area contributed by atoms with Gasteiger partial charge in [0.2, 0.25) is 0 Å². The van der Waals surface area contributed by atoms with Gasteiger partial charge in [-0.3, -0.25) is 4.99 Å². The number of ether oxygens (including phenoxy) is 2. The van der Waals surface area contributed by atoms with Crippen LogP contribution in [-0.2, 0) is 6.54 Å². The Hall–Kier alpha value is -1.23. The Labute approximate surface area is 192 Å². The zero-order chi connectivity index (χ0) is 19.8. The first-order valence-corrected chi connectivity index (χ1v) is 9.81. The van der Waals surface area contributed by atoms with Crippen LogP contribution in [0.15, 0.2) is 35.3 Å². The number of nitrogens with zero attached hydrogens (tertiary/aromatic N) is 2. The van der Waals surface area contributed by atoms with E-state index in [2.05, 4.69) is 10.3 Å². The predicted octanol–water partition coefficient (Wildman–Crippen LogP) is 4.17. The average Bonchev–Trinajstić information content (AvgIpc) is 3.08. The number of hydrogen-bond donors (Lipinski definition) is 2. The lowest BCUT2D eigenvalue weighted by atomic mass is 10.1. The average molecular weight is 540 g/mol.